The predicted molar refractivity (Wildman–Crippen MR) is 115 cm³/mol. The Balaban J connectivity index is 1.48. The molecule has 152 valence electrons. The van der Waals surface area contributed by atoms with Crippen LogP contribution in [0.4, 0.5) is 0 Å². The Morgan fingerprint density at radius 1 is 1.03 bits per heavy atom. The van der Waals surface area contributed by atoms with Gasteiger partial charge in [0.2, 0.25) is 5.91 Å². The summed E-state index contributed by atoms with van der Waals surface area (Å²) in [6.07, 6.45) is 6.50. The molecule has 0 amide bonds. The molecule has 0 atom stereocenters. The van der Waals surface area contributed by atoms with Crippen LogP contribution in [0.2, 0.25) is 0 Å². The predicted octanol–water partition coefficient (Wildman–Crippen LogP) is 5.44. The van der Waals surface area contributed by atoms with E-state index in [9.17, 15) is 4.79 Å². The monoisotopic (exact) mass is 402 g/mol. The highest BCUT2D eigenvalue weighted by atomic mass is 16.5. The van der Waals surface area contributed by atoms with E-state index in [2.05, 4.69) is 4.98 Å². The number of carbonyl (C=O) groups excluding carboxylic acids is 1. The molecule has 0 saturated heterocycles. The van der Waals surface area contributed by atoms with E-state index < -0.39 is 0 Å². The summed E-state index contributed by atoms with van der Waals surface area (Å²) in [7, 11) is 3.20. The summed E-state index contributed by atoms with van der Waals surface area (Å²) < 4.78 is 18.7. The van der Waals surface area contributed by atoms with E-state index in [4.69, 9.17) is 14.2 Å². The highest BCUT2D eigenvalue weighted by molar-refractivity contribution is 5.93. The van der Waals surface area contributed by atoms with Gasteiger partial charge in [-0.1, -0.05) is 0 Å². The van der Waals surface area contributed by atoms with Crippen molar-refractivity contribution < 1.29 is 19.0 Å². The Morgan fingerprint density at radius 2 is 1.83 bits per heavy atom. The van der Waals surface area contributed by atoms with Crippen molar-refractivity contribution in [3.8, 4) is 23.0 Å². The zero-order valence-corrected chi connectivity index (χ0v) is 16.9. The van der Waals surface area contributed by atoms with Gasteiger partial charge in [-0.05, 0) is 55.2 Å². The molecule has 1 saturated carbocycles. The molecule has 1 aliphatic carbocycles. The van der Waals surface area contributed by atoms with Crippen LogP contribution in [0.3, 0.4) is 0 Å². The smallest absolute Gasteiger partial charge is 0.231 e. The number of aromatic nitrogens is 2. The van der Waals surface area contributed by atoms with Crippen LogP contribution in [0.15, 0.2) is 54.9 Å². The summed E-state index contributed by atoms with van der Waals surface area (Å²) in [5.41, 5.74) is 1.65. The van der Waals surface area contributed by atoms with E-state index in [1.54, 1.807) is 25.0 Å². The van der Waals surface area contributed by atoms with Gasteiger partial charge in [0.05, 0.1) is 25.3 Å². The standard InChI is InChI=1S/C24H22N2O4/c1-28-22-13-18-19(14-23(22)29-2)25-9-7-21(18)30-17-5-6-20-16(12-17)8-10-26(20)24(27)11-15-3-4-15/h5-10,12-15H,3-4,11H2,1-2H3. The van der Waals surface area contributed by atoms with Crippen LogP contribution < -0.4 is 14.2 Å². The number of benzene rings is 2. The lowest BCUT2D eigenvalue weighted by molar-refractivity contribution is 0.0901. The molecule has 0 aliphatic heterocycles. The number of hydrogen-bond donors (Lipinski definition) is 0. The van der Waals surface area contributed by atoms with Crippen molar-refractivity contribution in [2.75, 3.05) is 14.2 Å². The second-order valence-corrected chi connectivity index (χ2v) is 7.58. The second kappa shape index (κ2) is 7.37. The van der Waals surface area contributed by atoms with Crippen molar-refractivity contribution >= 4 is 27.7 Å². The highest BCUT2D eigenvalue weighted by Crippen LogP contribution is 2.37. The summed E-state index contributed by atoms with van der Waals surface area (Å²) in [6, 6.07) is 13.2. The third-order valence-corrected chi connectivity index (χ3v) is 5.53. The third-order valence-electron chi connectivity index (χ3n) is 5.53. The first-order valence-corrected chi connectivity index (χ1v) is 9.99. The minimum Gasteiger partial charge on any atom is -0.493 e. The summed E-state index contributed by atoms with van der Waals surface area (Å²) in [6.45, 7) is 0. The van der Waals surface area contributed by atoms with E-state index in [0.717, 1.165) is 21.8 Å². The molecule has 6 nitrogen and oxygen atoms in total. The van der Waals surface area contributed by atoms with Crippen molar-refractivity contribution in [1.82, 2.24) is 9.55 Å². The number of methoxy groups -OCH3 is 2. The average Bonchev–Trinajstić information content (AvgIpc) is 3.48. The van der Waals surface area contributed by atoms with E-state index in [0.29, 0.717) is 35.3 Å². The van der Waals surface area contributed by atoms with Crippen molar-refractivity contribution in [2.45, 2.75) is 19.3 Å². The van der Waals surface area contributed by atoms with Crippen LogP contribution in [0, 0.1) is 5.92 Å². The average molecular weight is 402 g/mol. The molecule has 0 bridgehead atoms. The fourth-order valence-corrected chi connectivity index (χ4v) is 3.73. The number of hydrogen-bond acceptors (Lipinski definition) is 5. The van der Waals surface area contributed by atoms with Gasteiger partial charge >= 0.3 is 0 Å². The van der Waals surface area contributed by atoms with Crippen molar-refractivity contribution in [3.05, 3.63) is 54.9 Å². The summed E-state index contributed by atoms with van der Waals surface area (Å²) in [4.78, 5) is 16.9. The minimum atomic E-state index is 0.155. The Morgan fingerprint density at radius 3 is 2.60 bits per heavy atom. The Bertz CT molecular complexity index is 1260. The molecular formula is C24H22N2O4. The van der Waals surface area contributed by atoms with E-state index >= 15 is 0 Å². The van der Waals surface area contributed by atoms with E-state index in [-0.39, 0.29) is 5.91 Å². The lowest BCUT2D eigenvalue weighted by atomic mass is 10.1. The number of carbonyl (C=O) groups is 1. The van der Waals surface area contributed by atoms with Crippen LogP contribution >= 0.6 is 0 Å². The maximum Gasteiger partial charge on any atom is 0.231 e. The van der Waals surface area contributed by atoms with Gasteiger partial charge < -0.3 is 14.2 Å². The fraction of sp³-hybridized carbons (Fsp3) is 0.250. The van der Waals surface area contributed by atoms with Gasteiger partial charge in [-0.3, -0.25) is 14.3 Å². The van der Waals surface area contributed by atoms with Crippen LogP contribution in [0.25, 0.3) is 21.8 Å². The highest BCUT2D eigenvalue weighted by Gasteiger charge is 2.25. The van der Waals surface area contributed by atoms with Crippen molar-refractivity contribution in [3.63, 3.8) is 0 Å². The van der Waals surface area contributed by atoms with Gasteiger partial charge in [-0.2, -0.15) is 0 Å². The van der Waals surface area contributed by atoms with Crippen LogP contribution in [0.5, 0.6) is 23.0 Å². The van der Waals surface area contributed by atoms with Gasteiger partial charge in [0, 0.05) is 35.7 Å². The number of pyridine rings is 1. The Kier molecular flexibility index (Phi) is 4.54. The first kappa shape index (κ1) is 18.5. The molecule has 2 aromatic carbocycles. The van der Waals surface area contributed by atoms with Crippen LogP contribution in [-0.2, 0) is 0 Å². The molecule has 30 heavy (non-hydrogen) atoms. The normalized spacial score (nSPS) is 13.5. The summed E-state index contributed by atoms with van der Waals surface area (Å²) in [5, 5.41) is 1.79. The molecule has 5 rings (SSSR count). The van der Waals surface area contributed by atoms with E-state index in [1.807, 2.05) is 48.7 Å². The fourth-order valence-electron chi connectivity index (χ4n) is 3.73. The number of fused-ring (bicyclic) bond motifs is 2. The number of nitrogens with zero attached hydrogens (tertiary/aromatic N) is 2. The molecule has 2 aromatic heterocycles. The molecule has 1 aliphatic rings. The second-order valence-electron chi connectivity index (χ2n) is 7.58. The minimum absolute atomic E-state index is 0.155. The molecule has 0 N–H and O–H groups in total. The number of ether oxygens (including phenoxy) is 3. The van der Waals surface area contributed by atoms with Gasteiger partial charge in [0.15, 0.2) is 11.5 Å². The summed E-state index contributed by atoms with van der Waals surface area (Å²) >= 11 is 0. The molecule has 2 heterocycles. The zero-order valence-electron chi connectivity index (χ0n) is 16.9. The topological polar surface area (TPSA) is 62.6 Å². The van der Waals surface area contributed by atoms with Crippen LogP contribution in [-0.4, -0.2) is 29.7 Å². The van der Waals surface area contributed by atoms with Gasteiger partial charge in [0.25, 0.3) is 0 Å². The molecule has 6 heteroatoms. The maximum absolute atomic E-state index is 12.5. The lowest BCUT2D eigenvalue weighted by Crippen LogP contribution is -2.09. The largest absolute Gasteiger partial charge is 0.493 e. The maximum atomic E-state index is 12.5. The van der Waals surface area contributed by atoms with Crippen molar-refractivity contribution in [1.29, 1.82) is 0 Å². The Labute approximate surface area is 174 Å². The SMILES string of the molecule is COc1cc2nccc(Oc3ccc4c(ccn4C(=O)CC4CC4)c3)c2cc1OC. The zero-order chi connectivity index (χ0) is 20.7. The molecule has 0 radical (unpaired) electrons. The Hall–Kier alpha value is -3.54. The van der Waals surface area contributed by atoms with Gasteiger partial charge in [0.1, 0.15) is 11.5 Å². The third kappa shape index (κ3) is 3.34. The molecule has 0 spiro atoms. The molecular weight excluding hydrogens is 380 g/mol. The summed E-state index contributed by atoms with van der Waals surface area (Å²) in [5.74, 6) is 3.31. The number of rotatable bonds is 6. The lowest BCUT2D eigenvalue weighted by Gasteiger charge is -2.12. The molecule has 4 aromatic rings. The first-order chi connectivity index (χ1) is 14.7. The molecule has 1 fully saturated rings. The van der Waals surface area contributed by atoms with Crippen molar-refractivity contribution in [2.24, 2.45) is 5.92 Å². The first-order valence-electron chi connectivity index (χ1n) is 9.99. The van der Waals surface area contributed by atoms with Gasteiger partial charge in [-0.15, -0.1) is 0 Å². The molecule has 0 unspecified atom stereocenters. The van der Waals surface area contributed by atoms with E-state index in [1.165, 1.54) is 12.8 Å². The van der Waals surface area contributed by atoms with Crippen LogP contribution in [0.1, 0.15) is 24.1 Å². The van der Waals surface area contributed by atoms with Gasteiger partial charge in [-0.25, -0.2) is 0 Å². The quantitative estimate of drug-likeness (QED) is 0.430.